The molecule has 0 bridgehead atoms. The lowest BCUT2D eigenvalue weighted by Gasteiger charge is -1.86. The smallest absolute Gasteiger partial charge is 0.179 e. The highest BCUT2D eigenvalue weighted by Crippen LogP contribution is 2.16. The molecule has 0 saturated carbocycles. The fraction of sp³-hybridized carbons (Fsp3) is 0.222. The zero-order valence-corrected chi connectivity index (χ0v) is 15.8. The highest BCUT2D eigenvalue weighted by atomic mass is 15.1. The number of aromatic amines is 4. The number of H-pyrrole nitrogens is 4. The first kappa shape index (κ1) is 16.4. The third-order valence-electron chi connectivity index (χ3n) is 4.32. The molecule has 6 heterocycles. The van der Waals surface area contributed by atoms with Crippen molar-refractivity contribution in [1.29, 1.82) is 0 Å². The predicted molar refractivity (Wildman–Crippen MR) is 106 cm³/mol. The first-order valence-electron chi connectivity index (χ1n) is 8.84. The number of aromatic nitrogens is 10. The van der Waals surface area contributed by atoms with E-state index in [0.717, 1.165) is 68.0 Å². The van der Waals surface area contributed by atoms with Crippen molar-refractivity contribution in [3.8, 4) is 0 Å². The van der Waals surface area contributed by atoms with Crippen molar-refractivity contribution in [2.45, 2.75) is 27.7 Å². The van der Waals surface area contributed by atoms with Gasteiger partial charge >= 0.3 is 0 Å². The first-order valence-corrected chi connectivity index (χ1v) is 8.84. The van der Waals surface area contributed by atoms with E-state index in [0.29, 0.717) is 0 Å². The third-order valence-corrected chi connectivity index (χ3v) is 4.32. The Morgan fingerprint density at radius 1 is 0.429 bits per heavy atom. The van der Waals surface area contributed by atoms with Crippen LogP contribution < -0.4 is 0 Å². The minimum absolute atomic E-state index is 0.724. The summed E-state index contributed by atoms with van der Waals surface area (Å²) in [5.74, 6) is 3.49. The van der Waals surface area contributed by atoms with Crippen LogP contribution in [0.2, 0.25) is 0 Å². The number of hydrogen-bond acceptors (Lipinski definition) is 6. The number of hydrogen-bond donors (Lipinski definition) is 4. The fourth-order valence-corrected chi connectivity index (χ4v) is 3.22. The average molecular weight is 374 g/mol. The largest absolute Gasteiger partial charge is 0.341 e. The molecule has 0 aliphatic carbocycles. The van der Waals surface area contributed by atoms with Crippen LogP contribution in [-0.4, -0.2) is 49.8 Å². The first-order chi connectivity index (χ1) is 13.4. The van der Waals surface area contributed by atoms with Crippen LogP contribution in [-0.2, 0) is 0 Å². The normalized spacial score (nSPS) is 11.6. The Labute approximate surface area is 158 Å². The highest BCUT2D eigenvalue weighted by molar-refractivity contribution is 5.86. The van der Waals surface area contributed by atoms with Crippen LogP contribution in [0.4, 0.5) is 0 Å². The average Bonchev–Trinajstić information content (AvgIpc) is 3.33. The second-order valence-corrected chi connectivity index (χ2v) is 6.75. The molecule has 140 valence electrons. The molecule has 0 saturated heterocycles. The van der Waals surface area contributed by atoms with Gasteiger partial charge in [-0.25, -0.2) is 29.9 Å². The summed E-state index contributed by atoms with van der Waals surface area (Å²) in [5, 5.41) is 0. The minimum atomic E-state index is 0.724. The van der Waals surface area contributed by atoms with Crippen molar-refractivity contribution in [3.63, 3.8) is 0 Å². The Hall–Kier alpha value is -3.82. The summed E-state index contributed by atoms with van der Waals surface area (Å²) >= 11 is 0. The highest BCUT2D eigenvalue weighted by Gasteiger charge is 2.07. The number of pyridine rings is 2. The van der Waals surface area contributed by atoms with E-state index in [-0.39, 0.29) is 0 Å². The monoisotopic (exact) mass is 374 g/mol. The van der Waals surface area contributed by atoms with Crippen molar-refractivity contribution in [1.82, 2.24) is 49.8 Å². The molecular formula is C18H18N10. The van der Waals surface area contributed by atoms with Crippen LogP contribution in [0, 0.1) is 27.7 Å². The number of aryl methyl sites for hydroxylation is 4. The van der Waals surface area contributed by atoms with Crippen LogP contribution in [0.1, 0.15) is 23.3 Å². The molecule has 0 aliphatic heterocycles. The van der Waals surface area contributed by atoms with Gasteiger partial charge in [-0.05, 0) is 39.8 Å². The summed E-state index contributed by atoms with van der Waals surface area (Å²) in [4.78, 5) is 38.2. The van der Waals surface area contributed by atoms with Crippen LogP contribution in [0.3, 0.4) is 0 Å². The lowest BCUT2D eigenvalue weighted by Crippen LogP contribution is -1.79. The van der Waals surface area contributed by atoms with Crippen molar-refractivity contribution in [2.75, 3.05) is 0 Å². The van der Waals surface area contributed by atoms with Crippen molar-refractivity contribution in [3.05, 3.63) is 35.4 Å². The van der Waals surface area contributed by atoms with Crippen LogP contribution in [0.15, 0.2) is 12.1 Å². The lowest BCUT2D eigenvalue weighted by atomic mass is 10.4. The van der Waals surface area contributed by atoms with Crippen LogP contribution in [0.5, 0.6) is 0 Å². The molecular weight excluding hydrogens is 356 g/mol. The zero-order valence-electron chi connectivity index (χ0n) is 15.8. The number of fused-ring (bicyclic) bond motifs is 4. The van der Waals surface area contributed by atoms with Crippen molar-refractivity contribution in [2.24, 2.45) is 0 Å². The molecule has 0 fully saturated rings. The molecule has 0 aromatic carbocycles. The molecule has 6 rings (SSSR count). The van der Waals surface area contributed by atoms with Crippen molar-refractivity contribution >= 4 is 44.7 Å². The molecule has 6 aromatic rings. The molecule has 0 radical (unpaired) electrons. The van der Waals surface area contributed by atoms with E-state index in [4.69, 9.17) is 0 Å². The van der Waals surface area contributed by atoms with E-state index >= 15 is 0 Å². The Balaban J connectivity index is 0.000000122. The van der Waals surface area contributed by atoms with Crippen LogP contribution >= 0.6 is 0 Å². The number of imidazole rings is 4. The van der Waals surface area contributed by atoms with Gasteiger partial charge in [0.25, 0.3) is 0 Å². The van der Waals surface area contributed by atoms with E-state index in [1.807, 2.05) is 39.8 Å². The van der Waals surface area contributed by atoms with Gasteiger partial charge in [0, 0.05) is 0 Å². The van der Waals surface area contributed by atoms with Gasteiger partial charge in [-0.15, -0.1) is 0 Å². The molecule has 0 aliphatic rings. The van der Waals surface area contributed by atoms with E-state index in [1.54, 1.807) is 0 Å². The topological polar surface area (TPSA) is 140 Å². The van der Waals surface area contributed by atoms with Gasteiger partial charge in [-0.1, -0.05) is 0 Å². The summed E-state index contributed by atoms with van der Waals surface area (Å²) in [6, 6.07) is 3.97. The Morgan fingerprint density at radius 3 is 0.929 bits per heavy atom. The van der Waals surface area contributed by atoms with E-state index in [2.05, 4.69) is 49.8 Å². The standard InChI is InChI=1S/2C9H9N5/c2*1-4-10-6-3-7-9(13-5(2)11-7)14-8(6)12-4/h2*3H,1-2H3,(H2,10,11,12,13,14). The molecule has 4 N–H and O–H groups in total. The van der Waals surface area contributed by atoms with Gasteiger partial charge in [0.05, 0.1) is 22.1 Å². The van der Waals surface area contributed by atoms with Crippen LogP contribution in [0.25, 0.3) is 44.7 Å². The molecule has 10 heteroatoms. The van der Waals surface area contributed by atoms with E-state index in [1.165, 1.54) is 0 Å². The molecule has 28 heavy (non-hydrogen) atoms. The Morgan fingerprint density at radius 2 is 0.679 bits per heavy atom. The summed E-state index contributed by atoms with van der Waals surface area (Å²) in [6.45, 7) is 7.65. The SMILES string of the molecule is Cc1nc2nc3nc(C)[nH]c3cc2[nH]1.Cc1nc2nc3nc(C)[nH]c3cc2[nH]1. The molecule has 0 amide bonds. The maximum absolute atomic E-state index is 4.33. The van der Waals surface area contributed by atoms with Gasteiger partial charge in [0.2, 0.25) is 0 Å². The van der Waals surface area contributed by atoms with Gasteiger partial charge < -0.3 is 19.9 Å². The summed E-state index contributed by atoms with van der Waals surface area (Å²) in [7, 11) is 0. The van der Waals surface area contributed by atoms with Gasteiger partial charge in [-0.3, -0.25) is 0 Å². The van der Waals surface area contributed by atoms with Gasteiger partial charge in [-0.2, -0.15) is 0 Å². The van der Waals surface area contributed by atoms with Crippen molar-refractivity contribution < 1.29 is 0 Å². The predicted octanol–water partition coefficient (Wildman–Crippen LogP) is 2.90. The summed E-state index contributed by atoms with van der Waals surface area (Å²) in [6.07, 6.45) is 0. The molecule has 10 nitrogen and oxygen atoms in total. The fourth-order valence-electron chi connectivity index (χ4n) is 3.22. The zero-order chi connectivity index (χ0) is 19.4. The lowest BCUT2D eigenvalue weighted by molar-refractivity contribution is 1.15. The Bertz CT molecular complexity index is 1140. The van der Waals surface area contributed by atoms with E-state index < -0.39 is 0 Å². The molecule has 0 spiro atoms. The second kappa shape index (κ2) is 5.84. The summed E-state index contributed by atoms with van der Waals surface area (Å²) < 4.78 is 0. The number of nitrogens with one attached hydrogen (secondary N) is 4. The number of nitrogens with zero attached hydrogens (tertiary/aromatic N) is 6. The molecule has 0 atom stereocenters. The van der Waals surface area contributed by atoms with Gasteiger partial charge in [0.1, 0.15) is 23.3 Å². The second-order valence-electron chi connectivity index (χ2n) is 6.75. The third kappa shape index (κ3) is 2.75. The Kier molecular flexibility index (Phi) is 3.41. The number of rotatable bonds is 0. The molecule has 0 unspecified atom stereocenters. The maximum atomic E-state index is 4.33. The van der Waals surface area contributed by atoms with E-state index in [9.17, 15) is 0 Å². The maximum Gasteiger partial charge on any atom is 0.179 e. The van der Waals surface area contributed by atoms with Gasteiger partial charge in [0.15, 0.2) is 22.6 Å². The quantitative estimate of drug-likeness (QED) is 0.322. The summed E-state index contributed by atoms with van der Waals surface area (Å²) in [5.41, 5.74) is 6.67. The molecule has 6 aromatic heterocycles. The minimum Gasteiger partial charge on any atom is -0.341 e.